The first-order valence-corrected chi connectivity index (χ1v) is 22.5. The van der Waals surface area contributed by atoms with Gasteiger partial charge < -0.3 is 9.13 Å². The summed E-state index contributed by atoms with van der Waals surface area (Å²) in [7, 11) is 0. The van der Waals surface area contributed by atoms with Crippen molar-refractivity contribution in [2.75, 3.05) is 0 Å². The van der Waals surface area contributed by atoms with Crippen molar-refractivity contribution in [3.8, 4) is 39.7 Å². The van der Waals surface area contributed by atoms with E-state index in [1.807, 2.05) is 18.2 Å². The summed E-state index contributed by atoms with van der Waals surface area (Å²) in [4.78, 5) is 0. The monoisotopic (exact) mass is 827 g/mol. The first-order chi connectivity index (χ1) is 32.2. The Kier molecular flexibility index (Phi) is 8.32. The van der Waals surface area contributed by atoms with Crippen LogP contribution in [0.25, 0.3) is 78.0 Å². The second-order valence-corrected chi connectivity index (χ2v) is 17.4. The van der Waals surface area contributed by atoms with Crippen LogP contribution in [0.4, 0.5) is 0 Å². The van der Waals surface area contributed by atoms with Gasteiger partial charge in [-0.3, -0.25) is 0 Å². The second kappa shape index (κ2) is 14.6. The fourth-order valence-electron chi connectivity index (χ4n) is 11.4. The van der Waals surface area contributed by atoms with Crippen molar-refractivity contribution in [3.63, 3.8) is 0 Å². The number of hydrogen-bond acceptors (Lipinski definition) is 1. The molecule has 0 radical (unpaired) electrons. The number of allylic oxidation sites excluding steroid dienone is 1. The molecule has 0 saturated carbocycles. The molecule has 3 heteroatoms. The molecular formula is C62H41N3. The Labute approximate surface area is 378 Å². The third-order valence-electron chi connectivity index (χ3n) is 14.1. The quantitative estimate of drug-likeness (QED) is 0.164. The van der Waals surface area contributed by atoms with Gasteiger partial charge in [0.05, 0.1) is 39.3 Å². The molecule has 0 spiro atoms. The van der Waals surface area contributed by atoms with Gasteiger partial charge in [0.2, 0.25) is 0 Å². The van der Waals surface area contributed by atoms with E-state index in [-0.39, 0.29) is 0 Å². The summed E-state index contributed by atoms with van der Waals surface area (Å²) in [5, 5.41) is 13.4. The van der Waals surface area contributed by atoms with E-state index in [2.05, 4.69) is 221 Å². The lowest BCUT2D eigenvalue weighted by Gasteiger charge is -2.35. The Hall–Kier alpha value is -8.45. The van der Waals surface area contributed by atoms with Crippen LogP contribution in [-0.4, -0.2) is 9.13 Å². The molecule has 0 bridgehead atoms. The van der Waals surface area contributed by atoms with Gasteiger partial charge in [-0.2, -0.15) is 5.26 Å². The van der Waals surface area contributed by atoms with E-state index in [0.29, 0.717) is 5.56 Å². The normalized spacial score (nSPS) is 13.6. The maximum Gasteiger partial charge on any atom is 0.0991 e. The summed E-state index contributed by atoms with van der Waals surface area (Å²) in [5.74, 6) is 0. The van der Waals surface area contributed by atoms with E-state index < -0.39 is 5.41 Å². The molecule has 2 aliphatic carbocycles. The molecule has 304 valence electrons. The van der Waals surface area contributed by atoms with Crippen molar-refractivity contribution in [1.82, 2.24) is 9.13 Å². The predicted octanol–water partition coefficient (Wildman–Crippen LogP) is 15.1. The van der Waals surface area contributed by atoms with Crippen LogP contribution in [-0.2, 0) is 11.8 Å². The minimum Gasteiger partial charge on any atom is -0.313 e. The highest BCUT2D eigenvalue weighted by molar-refractivity contribution is 6.11. The molecule has 2 heterocycles. The van der Waals surface area contributed by atoms with Gasteiger partial charge in [-0.15, -0.1) is 0 Å². The zero-order chi connectivity index (χ0) is 43.1. The highest BCUT2D eigenvalue weighted by Gasteiger charge is 2.48. The number of fused-ring (bicyclic) bond motifs is 9. The molecule has 2 aromatic heterocycles. The summed E-state index contributed by atoms with van der Waals surface area (Å²) >= 11 is 0. The highest BCUT2D eigenvalue weighted by Crippen LogP contribution is 2.58. The van der Waals surface area contributed by atoms with E-state index >= 15 is 0 Å². The molecule has 2 aliphatic rings. The number of aromatic nitrogens is 2. The van der Waals surface area contributed by atoms with Crippen LogP contribution in [0.5, 0.6) is 0 Å². The van der Waals surface area contributed by atoms with Crippen molar-refractivity contribution in [3.05, 3.63) is 263 Å². The van der Waals surface area contributed by atoms with Crippen LogP contribution in [0.3, 0.4) is 0 Å². The number of para-hydroxylation sites is 2. The molecule has 0 unspecified atom stereocenters. The number of nitrogens with zero attached hydrogens (tertiary/aromatic N) is 3. The third-order valence-corrected chi connectivity index (χ3v) is 14.1. The van der Waals surface area contributed by atoms with Crippen molar-refractivity contribution >= 4 is 44.4 Å². The molecule has 11 aromatic rings. The maximum atomic E-state index is 9.60. The minimum absolute atomic E-state index is 0.531. The van der Waals surface area contributed by atoms with Crippen LogP contribution in [0, 0.1) is 11.3 Å². The summed E-state index contributed by atoms with van der Waals surface area (Å²) in [5.41, 5.74) is 21.1. The van der Waals surface area contributed by atoms with Crippen LogP contribution in [0.15, 0.2) is 218 Å². The molecule has 0 amide bonds. The Morgan fingerprint density at radius 3 is 1.86 bits per heavy atom. The zero-order valence-corrected chi connectivity index (χ0v) is 35.6. The molecule has 0 aliphatic heterocycles. The molecular weight excluding hydrogens is 787 g/mol. The van der Waals surface area contributed by atoms with Gasteiger partial charge in [0.1, 0.15) is 0 Å². The lowest BCUT2D eigenvalue weighted by molar-refractivity contribution is 0.762. The fourth-order valence-corrected chi connectivity index (χ4v) is 11.4. The zero-order valence-electron chi connectivity index (χ0n) is 35.6. The van der Waals surface area contributed by atoms with Gasteiger partial charge in [-0.1, -0.05) is 164 Å². The third kappa shape index (κ3) is 5.48. The summed E-state index contributed by atoms with van der Waals surface area (Å²) in [6.45, 7) is 0. The van der Waals surface area contributed by atoms with Gasteiger partial charge >= 0.3 is 0 Å². The largest absolute Gasteiger partial charge is 0.313 e. The lowest BCUT2D eigenvalue weighted by Crippen LogP contribution is -2.29. The Morgan fingerprint density at radius 1 is 0.446 bits per heavy atom. The summed E-state index contributed by atoms with van der Waals surface area (Å²) in [6, 6.07) is 82.0. The summed E-state index contributed by atoms with van der Waals surface area (Å²) in [6.07, 6.45) is 4.30. The van der Waals surface area contributed by atoms with E-state index in [1.54, 1.807) is 0 Å². The first-order valence-electron chi connectivity index (χ1n) is 22.5. The van der Waals surface area contributed by atoms with Gasteiger partial charge in [0, 0.05) is 38.7 Å². The summed E-state index contributed by atoms with van der Waals surface area (Å²) < 4.78 is 4.99. The van der Waals surface area contributed by atoms with E-state index in [4.69, 9.17) is 0 Å². The van der Waals surface area contributed by atoms with Crippen molar-refractivity contribution in [1.29, 1.82) is 5.26 Å². The van der Waals surface area contributed by atoms with E-state index in [0.717, 1.165) is 29.7 Å². The molecule has 13 rings (SSSR count). The Morgan fingerprint density at radius 2 is 1.08 bits per heavy atom. The lowest BCUT2D eigenvalue weighted by atomic mass is 9.67. The average Bonchev–Trinajstić information content (AvgIpc) is 4.01. The Balaban J connectivity index is 0.986. The topological polar surface area (TPSA) is 33.6 Å². The van der Waals surface area contributed by atoms with Crippen LogP contribution in [0.1, 0.15) is 51.1 Å². The van der Waals surface area contributed by atoms with Crippen LogP contribution >= 0.6 is 0 Å². The van der Waals surface area contributed by atoms with Crippen molar-refractivity contribution in [2.24, 2.45) is 0 Å². The Bertz CT molecular complexity index is 3740. The molecule has 0 atom stereocenters. The second-order valence-electron chi connectivity index (χ2n) is 17.4. The maximum absolute atomic E-state index is 9.60. The molecule has 9 aromatic carbocycles. The van der Waals surface area contributed by atoms with Gasteiger partial charge in [0.15, 0.2) is 0 Å². The van der Waals surface area contributed by atoms with E-state index in [9.17, 15) is 5.26 Å². The SMILES string of the molecule is N#Cc1cccc(-c2cccc(-n3c4c(c5ccccc53)C=C(c3ccc5c(c3)c3ccccc3n5-c3cccc5c3C(c3ccccc3)(c3ccccc3)c3ccccc3-5)CC4)c2)c1. The number of benzene rings is 9. The average molecular weight is 828 g/mol. The number of hydrogen-bond donors (Lipinski definition) is 0. The predicted molar refractivity (Wildman–Crippen MR) is 268 cm³/mol. The molecule has 0 saturated heterocycles. The number of nitriles is 1. The highest BCUT2D eigenvalue weighted by atomic mass is 15.0. The van der Waals surface area contributed by atoms with Gasteiger partial charge in [-0.25, -0.2) is 0 Å². The molecule has 0 fully saturated rings. The molecule has 3 nitrogen and oxygen atoms in total. The van der Waals surface area contributed by atoms with Gasteiger partial charge in [-0.05, 0) is 124 Å². The standard InChI is InChI=1S/C62H41N3/c63-40-41-16-13-17-42(36-41)43-18-14-23-48(37-43)64-56-29-11-8-25-50(56)53-38-44(32-34-58(53)64)45-33-35-59-54(39-45)51-26-9-12-30-57(51)65(59)60-31-15-27-52-49-24-7-10-28-55(49)62(61(52)60,46-19-3-1-4-20-46)47-21-5-2-6-22-47/h1-31,33,35-39H,32,34H2. The van der Waals surface area contributed by atoms with E-state index in [1.165, 1.54) is 94.2 Å². The van der Waals surface area contributed by atoms with Crippen LogP contribution in [0.2, 0.25) is 0 Å². The smallest absolute Gasteiger partial charge is 0.0991 e. The molecule has 65 heavy (non-hydrogen) atoms. The van der Waals surface area contributed by atoms with Gasteiger partial charge in [0.25, 0.3) is 0 Å². The van der Waals surface area contributed by atoms with Crippen molar-refractivity contribution in [2.45, 2.75) is 18.3 Å². The van der Waals surface area contributed by atoms with Crippen LogP contribution < -0.4 is 0 Å². The number of rotatable bonds is 6. The first kappa shape index (κ1) is 37.1. The molecule has 0 N–H and O–H groups in total. The van der Waals surface area contributed by atoms with Crippen molar-refractivity contribution < 1.29 is 0 Å². The fraction of sp³-hybridized carbons (Fsp3) is 0.0484. The minimum atomic E-state index is -0.531.